The summed E-state index contributed by atoms with van der Waals surface area (Å²) >= 11 is 0. The van der Waals surface area contributed by atoms with Gasteiger partial charge in [0.1, 0.15) is 5.58 Å². The average Bonchev–Trinajstić information content (AvgIpc) is 2.89. The Morgan fingerprint density at radius 3 is 2.63 bits per heavy atom. The van der Waals surface area contributed by atoms with E-state index in [4.69, 9.17) is 9.68 Å². The molecule has 0 saturated carbocycles. The Hall–Kier alpha value is -2.73. The van der Waals surface area contributed by atoms with Gasteiger partial charge in [-0.15, -0.1) is 0 Å². The topological polar surface area (TPSA) is 49.0 Å². The standard InChI is InChI=1S/C16H12N2O/c17-9-12-5-7-14(8-6-12)18-10-13-11-19-16-4-2-1-3-15(13)16/h1-8,11,18H,10H2. The lowest BCUT2D eigenvalue weighted by Gasteiger charge is -2.04. The van der Waals surface area contributed by atoms with Crippen molar-refractivity contribution >= 4 is 16.7 Å². The predicted molar refractivity (Wildman–Crippen MR) is 74.7 cm³/mol. The highest BCUT2D eigenvalue weighted by Gasteiger charge is 2.04. The fourth-order valence-electron chi connectivity index (χ4n) is 2.03. The van der Waals surface area contributed by atoms with E-state index in [2.05, 4.69) is 17.5 Å². The molecule has 0 bridgehead atoms. The van der Waals surface area contributed by atoms with Gasteiger partial charge in [-0.2, -0.15) is 5.26 Å². The Balaban J connectivity index is 1.77. The van der Waals surface area contributed by atoms with Gasteiger partial charge in [0.05, 0.1) is 17.9 Å². The molecule has 0 aliphatic carbocycles. The van der Waals surface area contributed by atoms with Gasteiger partial charge in [0, 0.05) is 23.2 Å². The Morgan fingerprint density at radius 2 is 1.84 bits per heavy atom. The number of furan rings is 1. The van der Waals surface area contributed by atoms with Crippen molar-refractivity contribution in [3.63, 3.8) is 0 Å². The van der Waals surface area contributed by atoms with Gasteiger partial charge in [-0.1, -0.05) is 18.2 Å². The van der Waals surface area contributed by atoms with Gasteiger partial charge in [-0.05, 0) is 30.3 Å². The molecule has 3 nitrogen and oxygen atoms in total. The molecule has 3 heteroatoms. The molecule has 19 heavy (non-hydrogen) atoms. The van der Waals surface area contributed by atoms with E-state index >= 15 is 0 Å². The number of hydrogen-bond acceptors (Lipinski definition) is 3. The molecule has 0 aliphatic rings. The summed E-state index contributed by atoms with van der Waals surface area (Å²) in [5.74, 6) is 0. The summed E-state index contributed by atoms with van der Waals surface area (Å²) in [6.45, 7) is 0.697. The van der Waals surface area contributed by atoms with Crippen molar-refractivity contribution in [3.8, 4) is 6.07 Å². The average molecular weight is 248 g/mol. The van der Waals surface area contributed by atoms with Crippen LogP contribution in [-0.2, 0) is 6.54 Å². The van der Waals surface area contributed by atoms with Crippen LogP contribution in [0, 0.1) is 11.3 Å². The zero-order valence-electron chi connectivity index (χ0n) is 10.3. The van der Waals surface area contributed by atoms with Crippen LogP contribution in [0.4, 0.5) is 5.69 Å². The quantitative estimate of drug-likeness (QED) is 0.764. The molecule has 1 aromatic heterocycles. The number of benzene rings is 2. The van der Waals surface area contributed by atoms with Crippen molar-refractivity contribution in [1.29, 1.82) is 5.26 Å². The van der Waals surface area contributed by atoms with Crippen LogP contribution >= 0.6 is 0 Å². The fourth-order valence-corrected chi connectivity index (χ4v) is 2.03. The van der Waals surface area contributed by atoms with Crippen LogP contribution in [0.2, 0.25) is 0 Å². The Kier molecular flexibility index (Phi) is 2.91. The fraction of sp³-hybridized carbons (Fsp3) is 0.0625. The molecule has 0 saturated heterocycles. The molecule has 0 aliphatic heterocycles. The lowest BCUT2D eigenvalue weighted by molar-refractivity contribution is 0.611. The third-order valence-electron chi connectivity index (χ3n) is 3.06. The molecule has 0 unspecified atom stereocenters. The SMILES string of the molecule is N#Cc1ccc(NCc2coc3ccccc23)cc1. The molecular formula is C16H12N2O. The van der Waals surface area contributed by atoms with Gasteiger partial charge in [-0.25, -0.2) is 0 Å². The number of rotatable bonds is 3. The zero-order chi connectivity index (χ0) is 13.1. The van der Waals surface area contributed by atoms with Crippen LogP contribution in [0.1, 0.15) is 11.1 Å². The first-order valence-electron chi connectivity index (χ1n) is 6.06. The van der Waals surface area contributed by atoms with Gasteiger partial charge in [0.2, 0.25) is 0 Å². The van der Waals surface area contributed by atoms with E-state index in [1.807, 2.05) is 30.3 Å². The number of hydrogen-bond donors (Lipinski definition) is 1. The first-order valence-corrected chi connectivity index (χ1v) is 6.06. The van der Waals surface area contributed by atoms with Crippen LogP contribution in [-0.4, -0.2) is 0 Å². The van der Waals surface area contributed by atoms with Crippen molar-refractivity contribution in [2.75, 3.05) is 5.32 Å². The lowest BCUT2D eigenvalue weighted by Crippen LogP contribution is -1.98. The molecule has 0 atom stereocenters. The number of nitrogens with one attached hydrogen (secondary N) is 1. The van der Waals surface area contributed by atoms with Gasteiger partial charge >= 0.3 is 0 Å². The molecule has 0 spiro atoms. The van der Waals surface area contributed by atoms with E-state index in [0.29, 0.717) is 12.1 Å². The Morgan fingerprint density at radius 1 is 1.05 bits per heavy atom. The van der Waals surface area contributed by atoms with E-state index in [-0.39, 0.29) is 0 Å². The smallest absolute Gasteiger partial charge is 0.134 e. The van der Waals surface area contributed by atoms with Crippen LogP contribution < -0.4 is 5.32 Å². The van der Waals surface area contributed by atoms with Crippen molar-refractivity contribution < 1.29 is 4.42 Å². The minimum atomic E-state index is 0.666. The maximum Gasteiger partial charge on any atom is 0.134 e. The number of nitriles is 1. The number of fused-ring (bicyclic) bond motifs is 1. The maximum absolute atomic E-state index is 8.74. The molecule has 1 heterocycles. The highest BCUT2D eigenvalue weighted by atomic mass is 16.3. The molecular weight excluding hydrogens is 236 g/mol. The molecule has 0 fully saturated rings. The van der Waals surface area contributed by atoms with Crippen LogP contribution in [0.25, 0.3) is 11.0 Å². The zero-order valence-corrected chi connectivity index (χ0v) is 10.3. The summed E-state index contributed by atoms with van der Waals surface area (Å²) in [6, 6.07) is 17.5. The molecule has 0 radical (unpaired) electrons. The number of anilines is 1. The summed E-state index contributed by atoms with van der Waals surface area (Å²) in [7, 11) is 0. The second kappa shape index (κ2) is 4.87. The van der Waals surface area contributed by atoms with E-state index in [1.54, 1.807) is 18.4 Å². The summed E-state index contributed by atoms with van der Waals surface area (Å²) < 4.78 is 5.49. The van der Waals surface area contributed by atoms with E-state index < -0.39 is 0 Å². The molecule has 92 valence electrons. The normalized spacial score (nSPS) is 10.3. The van der Waals surface area contributed by atoms with E-state index in [9.17, 15) is 0 Å². The monoisotopic (exact) mass is 248 g/mol. The van der Waals surface area contributed by atoms with E-state index in [1.165, 1.54) is 0 Å². The van der Waals surface area contributed by atoms with Crippen LogP contribution in [0.15, 0.2) is 59.2 Å². The number of nitrogens with zero attached hydrogens (tertiary/aromatic N) is 1. The summed E-state index contributed by atoms with van der Waals surface area (Å²) in [5.41, 5.74) is 3.68. The Bertz CT molecular complexity index is 735. The molecule has 3 aromatic rings. The van der Waals surface area contributed by atoms with Gasteiger partial charge in [0.15, 0.2) is 0 Å². The minimum Gasteiger partial charge on any atom is -0.464 e. The van der Waals surface area contributed by atoms with Crippen molar-refractivity contribution in [3.05, 3.63) is 65.9 Å². The van der Waals surface area contributed by atoms with Gasteiger partial charge in [0.25, 0.3) is 0 Å². The Labute approximate surface area is 111 Å². The first kappa shape index (κ1) is 11.4. The van der Waals surface area contributed by atoms with Crippen molar-refractivity contribution in [1.82, 2.24) is 0 Å². The second-order valence-electron chi connectivity index (χ2n) is 4.30. The first-order chi connectivity index (χ1) is 9.36. The highest BCUT2D eigenvalue weighted by molar-refractivity contribution is 5.81. The second-order valence-corrected chi connectivity index (χ2v) is 4.30. The molecule has 2 aromatic carbocycles. The third-order valence-corrected chi connectivity index (χ3v) is 3.06. The largest absolute Gasteiger partial charge is 0.464 e. The predicted octanol–water partition coefficient (Wildman–Crippen LogP) is 3.92. The van der Waals surface area contributed by atoms with Gasteiger partial charge in [-0.3, -0.25) is 0 Å². The van der Waals surface area contributed by atoms with Crippen molar-refractivity contribution in [2.24, 2.45) is 0 Å². The minimum absolute atomic E-state index is 0.666. The summed E-state index contributed by atoms with van der Waals surface area (Å²) in [6.07, 6.45) is 1.78. The van der Waals surface area contributed by atoms with Gasteiger partial charge < -0.3 is 9.73 Å². The summed E-state index contributed by atoms with van der Waals surface area (Å²) in [4.78, 5) is 0. The van der Waals surface area contributed by atoms with Crippen LogP contribution in [0.5, 0.6) is 0 Å². The van der Waals surface area contributed by atoms with E-state index in [0.717, 1.165) is 22.2 Å². The lowest BCUT2D eigenvalue weighted by atomic mass is 10.1. The highest BCUT2D eigenvalue weighted by Crippen LogP contribution is 2.21. The van der Waals surface area contributed by atoms with Crippen LogP contribution in [0.3, 0.4) is 0 Å². The maximum atomic E-state index is 8.74. The molecule has 1 N–H and O–H groups in total. The number of para-hydroxylation sites is 1. The summed E-state index contributed by atoms with van der Waals surface area (Å²) in [5, 5.41) is 13.2. The third kappa shape index (κ3) is 2.29. The van der Waals surface area contributed by atoms with Crippen molar-refractivity contribution in [2.45, 2.75) is 6.54 Å². The molecule has 0 amide bonds. The molecule has 3 rings (SSSR count).